The van der Waals surface area contributed by atoms with Crippen LogP contribution in [0, 0.1) is 5.92 Å². The molecule has 0 radical (unpaired) electrons. The summed E-state index contributed by atoms with van der Waals surface area (Å²) in [5.74, 6) is 1.24. The molecule has 0 amide bonds. The van der Waals surface area contributed by atoms with E-state index in [-0.39, 0.29) is 6.10 Å². The largest absolute Gasteiger partial charge is 0.489 e. The van der Waals surface area contributed by atoms with E-state index < -0.39 is 0 Å². The zero-order valence-electron chi connectivity index (χ0n) is 12.0. The number of hydrogen-bond acceptors (Lipinski definition) is 2. The van der Waals surface area contributed by atoms with Crippen molar-refractivity contribution in [3.05, 3.63) is 28.8 Å². The van der Waals surface area contributed by atoms with Crippen LogP contribution in [-0.2, 0) is 0 Å². The predicted octanol–water partition coefficient (Wildman–Crippen LogP) is 4.43. The molecule has 0 saturated heterocycles. The van der Waals surface area contributed by atoms with Gasteiger partial charge in [0, 0.05) is 6.04 Å². The van der Waals surface area contributed by atoms with E-state index in [4.69, 9.17) is 16.3 Å². The third kappa shape index (κ3) is 4.18. The Labute approximate surface area is 116 Å². The molecule has 0 bridgehead atoms. The molecule has 0 fully saturated rings. The summed E-state index contributed by atoms with van der Waals surface area (Å²) >= 11 is 6.27. The molecule has 0 aliphatic heterocycles. The second-order valence-electron chi connectivity index (χ2n) is 5.04. The summed E-state index contributed by atoms with van der Waals surface area (Å²) in [6, 6.07) is 6.33. The average molecular weight is 270 g/mol. The Morgan fingerprint density at radius 1 is 1.22 bits per heavy atom. The van der Waals surface area contributed by atoms with E-state index in [1.807, 2.05) is 12.1 Å². The highest BCUT2D eigenvalue weighted by Gasteiger charge is 2.12. The number of rotatable bonds is 6. The number of nitrogens with one attached hydrogen (secondary N) is 1. The molecule has 1 rings (SSSR count). The second kappa shape index (κ2) is 7.01. The molecule has 2 unspecified atom stereocenters. The van der Waals surface area contributed by atoms with Crippen molar-refractivity contribution in [3.8, 4) is 5.75 Å². The monoisotopic (exact) mass is 269 g/mol. The highest BCUT2D eigenvalue weighted by Crippen LogP contribution is 2.29. The van der Waals surface area contributed by atoms with Crippen molar-refractivity contribution < 1.29 is 4.74 Å². The zero-order valence-corrected chi connectivity index (χ0v) is 12.7. The fourth-order valence-electron chi connectivity index (χ4n) is 1.64. The van der Waals surface area contributed by atoms with Crippen LogP contribution in [0.3, 0.4) is 0 Å². The average Bonchev–Trinajstić information content (AvgIpc) is 2.31. The van der Waals surface area contributed by atoms with Gasteiger partial charge in [-0.1, -0.05) is 38.4 Å². The molecule has 3 heteroatoms. The van der Waals surface area contributed by atoms with Crippen molar-refractivity contribution in [3.63, 3.8) is 0 Å². The first kappa shape index (κ1) is 15.3. The molecule has 0 aliphatic rings. The fourth-order valence-corrected chi connectivity index (χ4v) is 1.88. The lowest BCUT2D eigenvalue weighted by molar-refractivity contribution is 0.170. The number of halogens is 1. The van der Waals surface area contributed by atoms with Gasteiger partial charge in [-0.3, -0.25) is 0 Å². The molecular formula is C15H24ClNO. The van der Waals surface area contributed by atoms with Crippen molar-refractivity contribution >= 4 is 11.6 Å². The van der Waals surface area contributed by atoms with Gasteiger partial charge in [-0.05, 0) is 44.0 Å². The highest BCUT2D eigenvalue weighted by molar-refractivity contribution is 6.32. The molecule has 102 valence electrons. The molecule has 2 atom stereocenters. The first-order valence-corrected chi connectivity index (χ1v) is 7.03. The van der Waals surface area contributed by atoms with Crippen LogP contribution in [0.15, 0.2) is 18.2 Å². The Morgan fingerprint density at radius 3 is 2.39 bits per heavy atom. The quantitative estimate of drug-likeness (QED) is 0.825. The molecular weight excluding hydrogens is 246 g/mol. The van der Waals surface area contributed by atoms with Gasteiger partial charge >= 0.3 is 0 Å². The molecule has 0 saturated carbocycles. The van der Waals surface area contributed by atoms with E-state index in [0.29, 0.717) is 17.0 Å². The zero-order chi connectivity index (χ0) is 13.7. The van der Waals surface area contributed by atoms with Crippen LogP contribution in [0.1, 0.15) is 46.2 Å². The Morgan fingerprint density at radius 2 is 1.89 bits per heavy atom. The summed E-state index contributed by atoms with van der Waals surface area (Å²) in [7, 11) is 0. The lowest BCUT2D eigenvalue weighted by atomic mass is 10.1. The van der Waals surface area contributed by atoms with Gasteiger partial charge in [-0.25, -0.2) is 0 Å². The maximum absolute atomic E-state index is 6.27. The van der Waals surface area contributed by atoms with Crippen molar-refractivity contribution in [2.24, 2.45) is 5.92 Å². The van der Waals surface area contributed by atoms with Crippen LogP contribution < -0.4 is 10.1 Å². The summed E-state index contributed by atoms with van der Waals surface area (Å²) in [6.45, 7) is 11.5. The molecule has 0 aliphatic carbocycles. The normalized spacial score (nSPS) is 14.6. The van der Waals surface area contributed by atoms with Crippen LogP contribution >= 0.6 is 11.6 Å². The molecule has 18 heavy (non-hydrogen) atoms. The summed E-state index contributed by atoms with van der Waals surface area (Å²) in [4.78, 5) is 0. The van der Waals surface area contributed by atoms with E-state index in [0.717, 1.165) is 12.3 Å². The van der Waals surface area contributed by atoms with Gasteiger partial charge < -0.3 is 10.1 Å². The predicted molar refractivity (Wildman–Crippen MR) is 78.5 cm³/mol. The maximum Gasteiger partial charge on any atom is 0.138 e. The van der Waals surface area contributed by atoms with Gasteiger partial charge in [0.15, 0.2) is 0 Å². The van der Waals surface area contributed by atoms with Crippen LogP contribution in [0.5, 0.6) is 5.75 Å². The molecule has 1 aromatic carbocycles. The molecule has 0 spiro atoms. The Kier molecular flexibility index (Phi) is 5.97. The number of ether oxygens (including phenoxy) is 1. The van der Waals surface area contributed by atoms with Crippen LogP contribution in [0.25, 0.3) is 0 Å². The topological polar surface area (TPSA) is 21.3 Å². The van der Waals surface area contributed by atoms with Crippen molar-refractivity contribution in [2.75, 3.05) is 6.54 Å². The standard InChI is InChI=1S/C15H24ClNO/c1-6-17-11(4)13-7-8-15(14(16)9-13)18-12(5)10(2)3/h7-12,17H,6H2,1-5H3. The minimum atomic E-state index is 0.166. The maximum atomic E-state index is 6.27. The summed E-state index contributed by atoms with van der Waals surface area (Å²) in [5, 5.41) is 4.05. The summed E-state index contributed by atoms with van der Waals surface area (Å²) in [5.41, 5.74) is 1.19. The van der Waals surface area contributed by atoms with Gasteiger partial charge in [0.05, 0.1) is 11.1 Å². The smallest absolute Gasteiger partial charge is 0.138 e. The van der Waals surface area contributed by atoms with Gasteiger partial charge in [0.25, 0.3) is 0 Å². The van der Waals surface area contributed by atoms with Crippen molar-refractivity contribution in [1.29, 1.82) is 0 Å². The number of benzene rings is 1. The molecule has 0 aromatic heterocycles. The third-order valence-corrected chi connectivity index (χ3v) is 3.51. The number of hydrogen-bond donors (Lipinski definition) is 1. The van der Waals surface area contributed by atoms with Gasteiger partial charge in [-0.2, -0.15) is 0 Å². The third-order valence-electron chi connectivity index (χ3n) is 3.22. The van der Waals surface area contributed by atoms with Crippen LogP contribution in [0.4, 0.5) is 0 Å². The van der Waals surface area contributed by atoms with E-state index in [9.17, 15) is 0 Å². The van der Waals surface area contributed by atoms with Crippen molar-refractivity contribution in [2.45, 2.75) is 46.8 Å². The molecule has 0 heterocycles. The summed E-state index contributed by atoms with van der Waals surface area (Å²) < 4.78 is 5.85. The Bertz CT molecular complexity index is 379. The lowest BCUT2D eigenvalue weighted by Crippen LogP contribution is -2.19. The van der Waals surface area contributed by atoms with Gasteiger partial charge in [0.1, 0.15) is 5.75 Å². The van der Waals surface area contributed by atoms with Crippen LogP contribution in [-0.4, -0.2) is 12.6 Å². The highest BCUT2D eigenvalue weighted by atomic mass is 35.5. The first-order valence-electron chi connectivity index (χ1n) is 6.65. The fraction of sp³-hybridized carbons (Fsp3) is 0.600. The lowest BCUT2D eigenvalue weighted by Gasteiger charge is -2.20. The second-order valence-corrected chi connectivity index (χ2v) is 5.44. The summed E-state index contributed by atoms with van der Waals surface area (Å²) in [6.07, 6.45) is 0.166. The van der Waals surface area contributed by atoms with E-state index in [2.05, 4.69) is 46.0 Å². The molecule has 1 aromatic rings. The van der Waals surface area contributed by atoms with Crippen LogP contribution in [0.2, 0.25) is 5.02 Å². The van der Waals surface area contributed by atoms with Gasteiger partial charge in [-0.15, -0.1) is 0 Å². The van der Waals surface area contributed by atoms with E-state index >= 15 is 0 Å². The minimum Gasteiger partial charge on any atom is -0.489 e. The van der Waals surface area contributed by atoms with Crippen molar-refractivity contribution in [1.82, 2.24) is 5.32 Å². The van der Waals surface area contributed by atoms with E-state index in [1.54, 1.807) is 0 Å². The Hall–Kier alpha value is -0.730. The first-order chi connectivity index (χ1) is 8.45. The SMILES string of the molecule is CCNC(C)c1ccc(OC(C)C(C)C)c(Cl)c1. The van der Waals surface area contributed by atoms with Gasteiger partial charge in [0.2, 0.25) is 0 Å². The minimum absolute atomic E-state index is 0.166. The van der Waals surface area contributed by atoms with E-state index in [1.165, 1.54) is 5.56 Å². The molecule has 2 nitrogen and oxygen atoms in total. The Balaban J connectivity index is 2.79. The molecule has 1 N–H and O–H groups in total.